The molecule has 0 aliphatic heterocycles. The van der Waals surface area contributed by atoms with E-state index in [9.17, 15) is 4.79 Å². The quantitative estimate of drug-likeness (QED) is 0.697. The molecule has 17 heavy (non-hydrogen) atoms. The molecule has 0 amide bonds. The van der Waals surface area contributed by atoms with Crippen molar-refractivity contribution in [2.24, 2.45) is 5.92 Å². The molecule has 0 aromatic heterocycles. The van der Waals surface area contributed by atoms with Gasteiger partial charge in [0.15, 0.2) is 0 Å². The third-order valence-electron chi connectivity index (χ3n) is 2.94. The number of rotatable bonds is 7. The van der Waals surface area contributed by atoms with E-state index in [-0.39, 0.29) is 29.6 Å². The summed E-state index contributed by atoms with van der Waals surface area (Å²) in [5.74, 6) is -0.00219. The van der Waals surface area contributed by atoms with Crippen LogP contribution in [-0.2, 0) is 14.3 Å². The van der Waals surface area contributed by atoms with Gasteiger partial charge in [-0.25, -0.2) is 0 Å². The lowest BCUT2D eigenvalue weighted by Gasteiger charge is -2.30. The molecule has 0 bridgehead atoms. The molecule has 0 spiro atoms. The van der Waals surface area contributed by atoms with Gasteiger partial charge in [-0.05, 0) is 33.1 Å². The fourth-order valence-corrected chi connectivity index (χ4v) is 1.85. The standard InChI is InChI=1S/C13H27NO3/c1-9(2)11(12(15)16-6)14-10(3)8-13(4,5)17-7/h9-11,14H,8H2,1-7H3/t10?,11-/m1/s1. The van der Waals surface area contributed by atoms with Crippen LogP contribution in [0.3, 0.4) is 0 Å². The molecule has 102 valence electrons. The van der Waals surface area contributed by atoms with Gasteiger partial charge in [0, 0.05) is 13.2 Å². The van der Waals surface area contributed by atoms with Gasteiger partial charge in [-0.1, -0.05) is 13.8 Å². The van der Waals surface area contributed by atoms with Gasteiger partial charge in [0.05, 0.1) is 12.7 Å². The Hall–Kier alpha value is -0.610. The summed E-state index contributed by atoms with van der Waals surface area (Å²) in [5.41, 5.74) is -0.190. The molecule has 1 N–H and O–H groups in total. The van der Waals surface area contributed by atoms with Crippen molar-refractivity contribution in [3.8, 4) is 0 Å². The molecule has 0 aliphatic rings. The van der Waals surface area contributed by atoms with Crippen molar-refractivity contribution >= 4 is 5.97 Å². The van der Waals surface area contributed by atoms with Gasteiger partial charge < -0.3 is 14.8 Å². The molecule has 4 heteroatoms. The monoisotopic (exact) mass is 245 g/mol. The number of hydrogen-bond acceptors (Lipinski definition) is 4. The Morgan fingerprint density at radius 2 is 1.76 bits per heavy atom. The second kappa shape index (κ2) is 6.97. The number of carbonyl (C=O) groups excluding carboxylic acids is 1. The minimum Gasteiger partial charge on any atom is -0.468 e. The van der Waals surface area contributed by atoms with Gasteiger partial charge in [0.25, 0.3) is 0 Å². The summed E-state index contributed by atoms with van der Waals surface area (Å²) >= 11 is 0. The maximum Gasteiger partial charge on any atom is 0.323 e. The molecule has 0 fully saturated rings. The molecule has 1 unspecified atom stereocenters. The zero-order valence-electron chi connectivity index (χ0n) is 12.2. The third kappa shape index (κ3) is 6.03. The van der Waals surface area contributed by atoms with Crippen molar-refractivity contribution in [3.05, 3.63) is 0 Å². The van der Waals surface area contributed by atoms with E-state index < -0.39 is 0 Å². The molecule has 0 rings (SSSR count). The average Bonchev–Trinajstić information content (AvgIpc) is 2.24. The van der Waals surface area contributed by atoms with Crippen LogP contribution in [0, 0.1) is 5.92 Å². The Labute approximate surface area is 105 Å². The lowest BCUT2D eigenvalue weighted by molar-refractivity contribution is -0.144. The van der Waals surface area contributed by atoms with Crippen LogP contribution in [0.25, 0.3) is 0 Å². The summed E-state index contributed by atoms with van der Waals surface area (Å²) in [5, 5.41) is 3.30. The van der Waals surface area contributed by atoms with E-state index >= 15 is 0 Å². The second-order valence-electron chi connectivity index (χ2n) is 5.48. The lowest BCUT2D eigenvalue weighted by atomic mass is 9.97. The van der Waals surface area contributed by atoms with Crippen LogP contribution >= 0.6 is 0 Å². The molecule has 0 radical (unpaired) electrons. The highest BCUT2D eigenvalue weighted by atomic mass is 16.5. The number of carbonyl (C=O) groups is 1. The molecule has 2 atom stereocenters. The first-order valence-corrected chi connectivity index (χ1v) is 6.12. The molecule has 0 aromatic carbocycles. The van der Waals surface area contributed by atoms with Crippen LogP contribution in [0.1, 0.15) is 41.0 Å². The number of methoxy groups -OCH3 is 2. The van der Waals surface area contributed by atoms with Crippen LogP contribution in [0.15, 0.2) is 0 Å². The SMILES string of the molecule is COC(=O)[C@H](NC(C)CC(C)(C)OC)C(C)C. The molecule has 0 aliphatic carbocycles. The Morgan fingerprint density at radius 1 is 1.24 bits per heavy atom. The Kier molecular flexibility index (Phi) is 6.72. The van der Waals surface area contributed by atoms with E-state index in [1.165, 1.54) is 7.11 Å². The second-order valence-corrected chi connectivity index (χ2v) is 5.48. The minimum atomic E-state index is -0.261. The summed E-state index contributed by atoms with van der Waals surface area (Å²) in [7, 11) is 3.12. The van der Waals surface area contributed by atoms with Gasteiger partial charge in [0.2, 0.25) is 0 Å². The summed E-state index contributed by atoms with van der Waals surface area (Å²) in [6.45, 7) is 10.1. The fourth-order valence-electron chi connectivity index (χ4n) is 1.85. The maximum absolute atomic E-state index is 11.6. The van der Waals surface area contributed by atoms with Gasteiger partial charge in [-0.15, -0.1) is 0 Å². The lowest BCUT2D eigenvalue weighted by Crippen LogP contribution is -2.48. The predicted molar refractivity (Wildman–Crippen MR) is 68.9 cm³/mol. The molecule has 4 nitrogen and oxygen atoms in total. The summed E-state index contributed by atoms with van der Waals surface area (Å²) in [6.07, 6.45) is 0.837. The number of nitrogens with one attached hydrogen (secondary N) is 1. The summed E-state index contributed by atoms with van der Waals surface area (Å²) in [6, 6.07) is -0.0703. The first kappa shape index (κ1) is 16.4. The van der Waals surface area contributed by atoms with E-state index in [2.05, 4.69) is 12.2 Å². The van der Waals surface area contributed by atoms with Crippen molar-refractivity contribution in [3.63, 3.8) is 0 Å². The summed E-state index contributed by atoms with van der Waals surface area (Å²) in [4.78, 5) is 11.6. The Morgan fingerprint density at radius 3 is 2.12 bits per heavy atom. The van der Waals surface area contributed by atoms with Crippen LogP contribution in [0.2, 0.25) is 0 Å². The van der Waals surface area contributed by atoms with E-state index in [1.807, 2.05) is 27.7 Å². The number of esters is 1. The van der Waals surface area contributed by atoms with E-state index in [0.29, 0.717) is 0 Å². The topological polar surface area (TPSA) is 47.6 Å². The zero-order chi connectivity index (χ0) is 13.6. The molecule has 0 aromatic rings. The zero-order valence-corrected chi connectivity index (χ0v) is 12.2. The highest BCUT2D eigenvalue weighted by Crippen LogP contribution is 2.16. The molecule has 0 saturated carbocycles. The normalized spacial score (nSPS) is 15.8. The maximum atomic E-state index is 11.6. The van der Waals surface area contributed by atoms with Crippen molar-refractivity contribution in [1.82, 2.24) is 5.32 Å². The predicted octanol–water partition coefficient (Wildman–Crippen LogP) is 1.98. The fraction of sp³-hybridized carbons (Fsp3) is 0.923. The van der Waals surface area contributed by atoms with E-state index in [0.717, 1.165) is 6.42 Å². The largest absolute Gasteiger partial charge is 0.468 e. The smallest absolute Gasteiger partial charge is 0.323 e. The Balaban J connectivity index is 4.41. The van der Waals surface area contributed by atoms with Gasteiger partial charge >= 0.3 is 5.97 Å². The number of ether oxygens (including phenoxy) is 2. The van der Waals surface area contributed by atoms with Crippen LogP contribution in [-0.4, -0.2) is 37.9 Å². The summed E-state index contributed by atoms with van der Waals surface area (Å²) < 4.78 is 10.2. The van der Waals surface area contributed by atoms with Crippen LogP contribution in [0.5, 0.6) is 0 Å². The highest BCUT2D eigenvalue weighted by molar-refractivity contribution is 5.75. The highest BCUT2D eigenvalue weighted by Gasteiger charge is 2.27. The first-order valence-electron chi connectivity index (χ1n) is 6.12. The molecular weight excluding hydrogens is 218 g/mol. The third-order valence-corrected chi connectivity index (χ3v) is 2.94. The number of hydrogen-bond donors (Lipinski definition) is 1. The van der Waals surface area contributed by atoms with Crippen LogP contribution < -0.4 is 5.32 Å². The Bertz CT molecular complexity index is 239. The molecular formula is C13H27NO3. The van der Waals surface area contributed by atoms with Crippen molar-refractivity contribution in [1.29, 1.82) is 0 Å². The molecule has 0 heterocycles. The van der Waals surface area contributed by atoms with Gasteiger partial charge in [0.1, 0.15) is 6.04 Å². The molecule has 0 saturated heterocycles. The van der Waals surface area contributed by atoms with Crippen LogP contribution in [0.4, 0.5) is 0 Å². The van der Waals surface area contributed by atoms with Crippen molar-refractivity contribution in [2.45, 2.75) is 58.7 Å². The van der Waals surface area contributed by atoms with Crippen molar-refractivity contribution < 1.29 is 14.3 Å². The average molecular weight is 245 g/mol. The van der Waals surface area contributed by atoms with Crippen molar-refractivity contribution in [2.75, 3.05) is 14.2 Å². The minimum absolute atomic E-state index is 0.190. The first-order chi connectivity index (χ1) is 7.73. The van der Waals surface area contributed by atoms with E-state index in [1.54, 1.807) is 7.11 Å². The van der Waals surface area contributed by atoms with E-state index in [4.69, 9.17) is 9.47 Å². The van der Waals surface area contributed by atoms with Gasteiger partial charge in [-0.3, -0.25) is 4.79 Å². The van der Waals surface area contributed by atoms with Gasteiger partial charge in [-0.2, -0.15) is 0 Å².